The lowest BCUT2D eigenvalue weighted by Gasteiger charge is -2.10. The van der Waals surface area contributed by atoms with Gasteiger partial charge in [-0.05, 0) is 31.9 Å². The van der Waals surface area contributed by atoms with Crippen LogP contribution >= 0.6 is 31.9 Å². The van der Waals surface area contributed by atoms with E-state index < -0.39 is 0 Å². The summed E-state index contributed by atoms with van der Waals surface area (Å²) in [5, 5.41) is 0. The highest BCUT2D eigenvalue weighted by molar-refractivity contribution is 9.11. The first-order valence-corrected chi connectivity index (χ1v) is 6.16. The van der Waals surface area contributed by atoms with Gasteiger partial charge in [-0.3, -0.25) is 0 Å². The van der Waals surface area contributed by atoms with Gasteiger partial charge >= 0.3 is 0 Å². The van der Waals surface area contributed by atoms with Crippen molar-refractivity contribution in [3.8, 4) is 11.5 Å². The molecule has 2 heterocycles. The van der Waals surface area contributed by atoms with Gasteiger partial charge in [-0.25, -0.2) is 0 Å². The van der Waals surface area contributed by atoms with Gasteiger partial charge in [0.05, 0.1) is 22.2 Å². The fourth-order valence-corrected chi connectivity index (χ4v) is 3.46. The Bertz CT molecular complexity index is 343. The molecule has 0 aliphatic carbocycles. The minimum Gasteiger partial charge on any atom is -0.492 e. The van der Waals surface area contributed by atoms with Crippen LogP contribution in [0.3, 0.4) is 0 Å². The van der Waals surface area contributed by atoms with Gasteiger partial charge in [0.2, 0.25) is 0 Å². The fraction of sp³-hybridized carbons (Fsp3) is 0.400. The maximum atomic E-state index is 5.60. The van der Waals surface area contributed by atoms with Crippen LogP contribution in [0, 0.1) is 0 Å². The molecule has 0 spiro atoms. The monoisotopic (exact) mass is 318 g/mol. The summed E-state index contributed by atoms with van der Waals surface area (Å²) in [6.07, 6.45) is 1.93. The highest BCUT2D eigenvalue weighted by atomic mass is 79.9. The summed E-state index contributed by atoms with van der Waals surface area (Å²) in [5.41, 5.74) is 2.47. The van der Waals surface area contributed by atoms with Crippen LogP contribution in [0.1, 0.15) is 11.1 Å². The van der Waals surface area contributed by atoms with Gasteiger partial charge in [0, 0.05) is 24.0 Å². The van der Waals surface area contributed by atoms with Crippen LogP contribution in [0.4, 0.5) is 0 Å². The van der Waals surface area contributed by atoms with Crippen LogP contribution in [0.25, 0.3) is 0 Å². The Kier molecular flexibility index (Phi) is 2.02. The van der Waals surface area contributed by atoms with E-state index in [1.807, 2.05) is 0 Å². The van der Waals surface area contributed by atoms with Gasteiger partial charge in [-0.15, -0.1) is 0 Å². The molecular weight excluding hydrogens is 312 g/mol. The first-order valence-electron chi connectivity index (χ1n) is 4.57. The standard InChI is InChI=1S/C10H8Br2O2/c11-7-5-1-3-13-9(5)8(12)6-2-4-14-10(6)7/h1-4H2. The molecule has 0 radical (unpaired) electrons. The van der Waals surface area contributed by atoms with Crippen molar-refractivity contribution in [3.63, 3.8) is 0 Å². The Morgan fingerprint density at radius 2 is 1.21 bits per heavy atom. The van der Waals surface area contributed by atoms with E-state index in [1.165, 1.54) is 11.1 Å². The molecule has 2 aliphatic heterocycles. The number of ether oxygens (including phenoxy) is 2. The first-order chi connectivity index (χ1) is 6.79. The van der Waals surface area contributed by atoms with Crippen molar-refractivity contribution in [2.75, 3.05) is 13.2 Å². The predicted octanol–water partition coefficient (Wildman–Crippen LogP) is 3.08. The van der Waals surface area contributed by atoms with E-state index in [9.17, 15) is 0 Å². The van der Waals surface area contributed by atoms with E-state index in [0.29, 0.717) is 0 Å². The maximum absolute atomic E-state index is 5.60. The van der Waals surface area contributed by atoms with Crippen LogP contribution < -0.4 is 9.47 Å². The molecule has 0 aromatic heterocycles. The van der Waals surface area contributed by atoms with Crippen LogP contribution in [-0.2, 0) is 12.8 Å². The summed E-state index contributed by atoms with van der Waals surface area (Å²) in [5.74, 6) is 2.00. The zero-order valence-corrected chi connectivity index (χ0v) is 10.6. The average molecular weight is 320 g/mol. The number of benzene rings is 1. The summed E-state index contributed by atoms with van der Waals surface area (Å²) in [4.78, 5) is 0. The minimum atomic E-state index is 0.773. The molecular formula is C10H8Br2O2. The Labute approximate surface area is 98.8 Å². The van der Waals surface area contributed by atoms with Crippen molar-refractivity contribution in [2.24, 2.45) is 0 Å². The third-order valence-electron chi connectivity index (χ3n) is 2.67. The van der Waals surface area contributed by atoms with E-state index in [-0.39, 0.29) is 0 Å². The average Bonchev–Trinajstić information content (AvgIpc) is 2.82. The number of halogens is 2. The molecule has 1 aromatic rings. The van der Waals surface area contributed by atoms with Gasteiger partial charge in [-0.2, -0.15) is 0 Å². The van der Waals surface area contributed by atoms with E-state index in [4.69, 9.17) is 9.47 Å². The van der Waals surface area contributed by atoms with Gasteiger partial charge < -0.3 is 9.47 Å². The summed E-state index contributed by atoms with van der Waals surface area (Å²) < 4.78 is 13.4. The zero-order valence-electron chi connectivity index (χ0n) is 7.40. The second-order valence-electron chi connectivity index (χ2n) is 3.44. The zero-order chi connectivity index (χ0) is 9.71. The molecule has 14 heavy (non-hydrogen) atoms. The number of hydrogen-bond donors (Lipinski definition) is 0. The van der Waals surface area contributed by atoms with Crippen molar-refractivity contribution in [3.05, 3.63) is 20.1 Å². The molecule has 0 saturated carbocycles. The van der Waals surface area contributed by atoms with Crippen molar-refractivity contribution < 1.29 is 9.47 Å². The van der Waals surface area contributed by atoms with Gasteiger partial charge in [0.15, 0.2) is 0 Å². The molecule has 0 N–H and O–H groups in total. The molecule has 0 bridgehead atoms. The topological polar surface area (TPSA) is 18.5 Å². The maximum Gasteiger partial charge on any atom is 0.138 e. The molecule has 74 valence electrons. The lowest BCUT2D eigenvalue weighted by molar-refractivity contribution is 0.354. The first kappa shape index (κ1) is 9.04. The van der Waals surface area contributed by atoms with Crippen LogP contribution in [0.15, 0.2) is 8.95 Å². The third kappa shape index (κ3) is 1.07. The minimum absolute atomic E-state index is 0.773. The van der Waals surface area contributed by atoms with E-state index >= 15 is 0 Å². The number of fused-ring (bicyclic) bond motifs is 2. The van der Waals surface area contributed by atoms with Crippen LogP contribution in [0.5, 0.6) is 11.5 Å². The molecule has 0 amide bonds. The smallest absolute Gasteiger partial charge is 0.138 e. The van der Waals surface area contributed by atoms with Crippen molar-refractivity contribution in [1.82, 2.24) is 0 Å². The van der Waals surface area contributed by atoms with Gasteiger partial charge in [0.1, 0.15) is 11.5 Å². The van der Waals surface area contributed by atoms with Crippen molar-refractivity contribution in [1.29, 1.82) is 0 Å². The summed E-state index contributed by atoms with van der Waals surface area (Å²) in [6, 6.07) is 0. The Hall–Kier alpha value is -0.220. The van der Waals surface area contributed by atoms with Gasteiger partial charge in [-0.1, -0.05) is 0 Å². The predicted molar refractivity (Wildman–Crippen MR) is 60.2 cm³/mol. The summed E-state index contributed by atoms with van der Waals surface area (Å²) >= 11 is 7.18. The number of hydrogen-bond acceptors (Lipinski definition) is 2. The lowest BCUT2D eigenvalue weighted by Crippen LogP contribution is -1.89. The summed E-state index contributed by atoms with van der Waals surface area (Å²) in [7, 11) is 0. The second-order valence-corrected chi connectivity index (χ2v) is 5.03. The van der Waals surface area contributed by atoms with E-state index in [0.717, 1.165) is 46.5 Å². The van der Waals surface area contributed by atoms with Crippen molar-refractivity contribution in [2.45, 2.75) is 12.8 Å². The number of rotatable bonds is 0. The molecule has 0 atom stereocenters. The lowest BCUT2D eigenvalue weighted by atomic mass is 10.1. The fourth-order valence-electron chi connectivity index (χ4n) is 2.00. The third-order valence-corrected chi connectivity index (χ3v) is 4.35. The SMILES string of the molecule is Brc1c2c(c(Br)c3c1OCC3)OCC2. The molecule has 3 rings (SSSR count). The van der Waals surface area contributed by atoms with Crippen molar-refractivity contribution >= 4 is 31.9 Å². The quantitative estimate of drug-likeness (QED) is 0.731. The summed E-state index contributed by atoms with van der Waals surface area (Å²) in [6.45, 7) is 1.55. The normalized spacial score (nSPS) is 17.3. The molecule has 0 saturated heterocycles. The highest BCUT2D eigenvalue weighted by Gasteiger charge is 2.29. The Balaban J connectivity index is 2.33. The van der Waals surface area contributed by atoms with Crippen LogP contribution in [0.2, 0.25) is 0 Å². The largest absolute Gasteiger partial charge is 0.492 e. The second kappa shape index (κ2) is 3.14. The van der Waals surface area contributed by atoms with E-state index in [1.54, 1.807) is 0 Å². The molecule has 4 heteroatoms. The molecule has 0 fully saturated rings. The molecule has 2 nitrogen and oxygen atoms in total. The van der Waals surface area contributed by atoms with E-state index in [2.05, 4.69) is 31.9 Å². The molecule has 0 unspecified atom stereocenters. The molecule has 1 aromatic carbocycles. The Morgan fingerprint density at radius 1 is 0.786 bits per heavy atom. The Morgan fingerprint density at radius 3 is 1.64 bits per heavy atom. The van der Waals surface area contributed by atoms with Gasteiger partial charge in [0.25, 0.3) is 0 Å². The highest BCUT2D eigenvalue weighted by Crippen LogP contribution is 2.49. The van der Waals surface area contributed by atoms with Crippen LogP contribution in [-0.4, -0.2) is 13.2 Å². The molecule has 2 aliphatic rings.